The van der Waals surface area contributed by atoms with Crippen LogP contribution >= 0.6 is 0 Å². The molecule has 0 radical (unpaired) electrons. The van der Waals surface area contributed by atoms with E-state index in [9.17, 15) is 9.59 Å². The molecule has 5 heteroatoms. The SMILES string of the molecule is Cc1ccccc1CNC(=O)C(=O)N1CCN(c2cccc(C)c2C)CC1. The van der Waals surface area contributed by atoms with Crippen LogP contribution in [0, 0.1) is 20.8 Å². The topological polar surface area (TPSA) is 52.7 Å². The maximum atomic E-state index is 12.5. The van der Waals surface area contributed by atoms with Crippen LogP contribution in [0.5, 0.6) is 0 Å². The smallest absolute Gasteiger partial charge is 0.312 e. The minimum absolute atomic E-state index is 0.375. The van der Waals surface area contributed by atoms with Crippen molar-refractivity contribution in [1.29, 1.82) is 0 Å². The first-order valence-electron chi connectivity index (χ1n) is 9.40. The monoisotopic (exact) mass is 365 g/mol. The third-order valence-electron chi connectivity index (χ3n) is 5.38. The molecule has 1 N–H and O–H groups in total. The lowest BCUT2D eigenvalue weighted by Crippen LogP contribution is -2.52. The molecule has 1 fully saturated rings. The van der Waals surface area contributed by atoms with E-state index < -0.39 is 11.8 Å². The van der Waals surface area contributed by atoms with Crippen LogP contribution < -0.4 is 10.2 Å². The third kappa shape index (κ3) is 4.30. The normalized spacial score (nSPS) is 14.2. The summed E-state index contributed by atoms with van der Waals surface area (Å²) < 4.78 is 0. The number of nitrogens with zero attached hydrogens (tertiary/aromatic N) is 2. The fourth-order valence-electron chi connectivity index (χ4n) is 3.43. The van der Waals surface area contributed by atoms with Crippen LogP contribution in [0.2, 0.25) is 0 Å². The molecule has 1 aliphatic heterocycles. The number of nitrogens with one attached hydrogen (secondary N) is 1. The summed E-state index contributed by atoms with van der Waals surface area (Å²) in [7, 11) is 0. The molecule has 1 aliphatic rings. The van der Waals surface area contributed by atoms with Gasteiger partial charge in [-0.1, -0.05) is 36.4 Å². The zero-order valence-corrected chi connectivity index (χ0v) is 16.3. The molecule has 1 heterocycles. The molecule has 3 rings (SSSR count). The molecule has 0 atom stereocenters. The molecule has 0 bridgehead atoms. The van der Waals surface area contributed by atoms with Crippen LogP contribution in [0.25, 0.3) is 0 Å². The summed E-state index contributed by atoms with van der Waals surface area (Å²) in [6, 6.07) is 14.1. The molecule has 0 aliphatic carbocycles. The summed E-state index contributed by atoms with van der Waals surface area (Å²) in [5.41, 5.74) is 5.88. The van der Waals surface area contributed by atoms with Gasteiger partial charge in [0.25, 0.3) is 0 Å². The van der Waals surface area contributed by atoms with E-state index in [4.69, 9.17) is 0 Å². The Bertz CT molecular complexity index is 839. The second kappa shape index (κ2) is 8.25. The second-order valence-corrected chi connectivity index (χ2v) is 7.11. The van der Waals surface area contributed by atoms with Crippen molar-refractivity contribution in [2.75, 3.05) is 31.1 Å². The summed E-state index contributed by atoms with van der Waals surface area (Å²) in [6.45, 7) is 9.20. The summed E-state index contributed by atoms with van der Waals surface area (Å²) in [5.74, 6) is -0.970. The molecule has 1 saturated heterocycles. The second-order valence-electron chi connectivity index (χ2n) is 7.11. The average Bonchev–Trinajstić information content (AvgIpc) is 2.69. The highest BCUT2D eigenvalue weighted by Crippen LogP contribution is 2.23. The highest BCUT2D eigenvalue weighted by Gasteiger charge is 2.26. The van der Waals surface area contributed by atoms with E-state index in [1.807, 2.05) is 31.2 Å². The molecule has 5 nitrogen and oxygen atoms in total. The van der Waals surface area contributed by atoms with E-state index in [2.05, 4.69) is 42.3 Å². The van der Waals surface area contributed by atoms with Crippen molar-refractivity contribution in [3.05, 3.63) is 64.7 Å². The van der Waals surface area contributed by atoms with Gasteiger partial charge in [0.2, 0.25) is 0 Å². The predicted molar refractivity (Wildman–Crippen MR) is 108 cm³/mol. The highest BCUT2D eigenvalue weighted by molar-refractivity contribution is 6.35. The fourth-order valence-corrected chi connectivity index (χ4v) is 3.43. The van der Waals surface area contributed by atoms with Gasteiger partial charge in [-0.3, -0.25) is 9.59 Å². The number of piperazine rings is 1. The molecule has 0 saturated carbocycles. The van der Waals surface area contributed by atoms with Gasteiger partial charge in [0.05, 0.1) is 0 Å². The standard InChI is InChI=1S/C22H27N3O2/c1-16-8-6-10-20(18(16)3)24-11-13-25(14-12-24)22(27)21(26)23-15-19-9-5-4-7-17(19)2/h4-10H,11-15H2,1-3H3,(H,23,26). The van der Waals surface area contributed by atoms with Crippen molar-refractivity contribution in [1.82, 2.24) is 10.2 Å². The summed E-state index contributed by atoms with van der Waals surface area (Å²) in [6.07, 6.45) is 0. The number of aryl methyl sites for hydroxylation is 2. The lowest BCUT2D eigenvalue weighted by Gasteiger charge is -2.36. The molecular weight excluding hydrogens is 338 g/mol. The minimum atomic E-state index is -0.529. The van der Waals surface area contributed by atoms with Crippen molar-refractivity contribution >= 4 is 17.5 Å². The number of benzene rings is 2. The van der Waals surface area contributed by atoms with Gasteiger partial charge in [-0.05, 0) is 49.1 Å². The number of carbonyl (C=O) groups excluding carboxylic acids is 2. The minimum Gasteiger partial charge on any atom is -0.368 e. The molecule has 0 spiro atoms. The number of anilines is 1. The predicted octanol–water partition coefficient (Wildman–Crippen LogP) is 2.58. The summed E-state index contributed by atoms with van der Waals surface area (Å²) in [5, 5.41) is 2.75. The van der Waals surface area contributed by atoms with E-state index in [0.717, 1.165) is 24.2 Å². The zero-order chi connectivity index (χ0) is 19.4. The van der Waals surface area contributed by atoms with Gasteiger partial charge in [0.1, 0.15) is 0 Å². The van der Waals surface area contributed by atoms with Gasteiger partial charge < -0.3 is 15.1 Å². The number of hydrogen-bond donors (Lipinski definition) is 1. The average molecular weight is 365 g/mol. The first-order chi connectivity index (χ1) is 13.0. The van der Waals surface area contributed by atoms with Crippen molar-refractivity contribution in [2.45, 2.75) is 27.3 Å². The van der Waals surface area contributed by atoms with Crippen LogP contribution in [-0.4, -0.2) is 42.9 Å². The van der Waals surface area contributed by atoms with Crippen molar-refractivity contribution in [3.63, 3.8) is 0 Å². The van der Waals surface area contributed by atoms with Gasteiger partial charge in [-0.2, -0.15) is 0 Å². The van der Waals surface area contributed by atoms with Crippen LogP contribution in [0.1, 0.15) is 22.3 Å². The largest absolute Gasteiger partial charge is 0.368 e. The Hall–Kier alpha value is -2.82. The molecule has 142 valence electrons. The maximum Gasteiger partial charge on any atom is 0.312 e. The van der Waals surface area contributed by atoms with Gasteiger partial charge in [0.15, 0.2) is 0 Å². The molecular formula is C22H27N3O2. The first kappa shape index (κ1) is 19.0. The Morgan fingerprint density at radius 2 is 1.56 bits per heavy atom. The summed E-state index contributed by atoms with van der Waals surface area (Å²) >= 11 is 0. The van der Waals surface area contributed by atoms with E-state index >= 15 is 0 Å². The van der Waals surface area contributed by atoms with E-state index in [1.165, 1.54) is 16.8 Å². The Balaban J connectivity index is 1.54. The van der Waals surface area contributed by atoms with Crippen LogP contribution in [0.3, 0.4) is 0 Å². The zero-order valence-electron chi connectivity index (χ0n) is 16.3. The number of carbonyl (C=O) groups is 2. The number of amides is 2. The van der Waals surface area contributed by atoms with Crippen LogP contribution in [-0.2, 0) is 16.1 Å². The van der Waals surface area contributed by atoms with E-state index in [0.29, 0.717) is 19.6 Å². The molecule has 2 aromatic rings. The Kier molecular flexibility index (Phi) is 5.79. The van der Waals surface area contributed by atoms with Crippen LogP contribution in [0.4, 0.5) is 5.69 Å². The Morgan fingerprint density at radius 1 is 0.889 bits per heavy atom. The molecule has 2 amide bonds. The molecule has 0 aromatic heterocycles. The third-order valence-corrected chi connectivity index (χ3v) is 5.38. The quantitative estimate of drug-likeness (QED) is 0.851. The van der Waals surface area contributed by atoms with Gasteiger partial charge in [-0.15, -0.1) is 0 Å². The summed E-state index contributed by atoms with van der Waals surface area (Å²) in [4.78, 5) is 28.7. The lowest BCUT2D eigenvalue weighted by atomic mass is 10.1. The Morgan fingerprint density at radius 3 is 2.26 bits per heavy atom. The number of rotatable bonds is 3. The van der Waals surface area contributed by atoms with Crippen molar-refractivity contribution < 1.29 is 9.59 Å². The molecule has 0 unspecified atom stereocenters. The van der Waals surface area contributed by atoms with Crippen molar-refractivity contribution in [2.24, 2.45) is 0 Å². The Labute approximate surface area is 161 Å². The fraction of sp³-hybridized carbons (Fsp3) is 0.364. The number of hydrogen-bond acceptors (Lipinski definition) is 3. The maximum absolute atomic E-state index is 12.5. The van der Waals surface area contributed by atoms with Crippen LogP contribution in [0.15, 0.2) is 42.5 Å². The van der Waals surface area contributed by atoms with Gasteiger partial charge in [0, 0.05) is 38.4 Å². The molecule has 27 heavy (non-hydrogen) atoms. The van der Waals surface area contributed by atoms with E-state index in [1.54, 1.807) is 4.90 Å². The van der Waals surface area contributed by atoms with E-state index in [-0.39, 0.29) is 0 Å². The molecule has 2 aromatic carbocycles. The lowest BCUT2D eigenvalue weighted by molar-refractivity contribution is -0.146. The van der Waals surface area contributed by atoms with Gasteiger partial charge >= 0.3 is 11.8 Å². The van der Waals surface area contributed by atoms with Gasteiger partial charge in [-0.25, -0.2) is 0 Å². The highest BCUT2D eigenvalue weighted by atomic mass is 16.2. The first-order valence-corrected chi connectivity index (χ1v) is 9.40. The van der Waals surface area contributed by atoms with Crippen molar-refractivity contribution in [3.8, 4) is 0 Å².